The molecule has 0 unspecified atom stereocenters. The second kappa shape index (κ2) is 13.6. The highest BCUT2D eigenvalue weighted by molar-refractivity contribution is 6.10. The Morgan fingerprint density at radius 3 is 1.44 bits per heavy atom. The van der Waals surface area contributed by atoms with Gasteiger partial charge in [-0.2, -0.15) is 0 Å². The highest BCUT2D eigenvalue weighted by Crippen LogP contribution is 2.41. The van der Waals surface area contributed by atoms with E-state index < -0.39 is 0 Å². The maximum absolute atomic E-state index is 6.70. The molecule has 0 aliphatic heterocycles. The molecule has 0 N–H and O–H groups in total. The Labute approximate surface area is 330 Å². The Morgan fingerprint density at radius 1 is 0.263 bits per heavy atom. The molecule has 0 aliphatic carbocycles. The third-order valence-corrected chi connectivity index (χ3v) is 11.1. The molecular formula is C54H35NO2. The second-order valence-electron chi connectivity index (χ2n) is 14.5. The van der Waals surface area contributed by atoms with Crippen LogP contribution in [0.25, 0.3) is 88.4 Å². The van der Waals surface area contributed by atoms with Gasteiger partial charge in [-0.05, 0) is 99.6 Å². The fourth-order valence-corrected chi connectivity index (χ4v) is 8.24. The van der Waals surface area contributed by atoms with Crippen LogP contribution in [0.4, 0.5) is 17.1 Å². The summed E-state index contributed by atoms with van der Waals surface area (Å²) in [6.45, 7) is 0. The minimum Gasteiger partial charge on any atom is -0.456 e. The molecule has 57 heavy (non-hydrogen) atoms. The molecule has 3 heteroatoms. The van der Waals surface area contributed by atoms with E-state index in [0.717, 1.165) is 83.2 Å². The quantitative estimate of drug-likeness (QED) is 0.164. The van der Waals surface area contributed by atoms with Crippen molar-refractivity contribution in [3.8, 4) is 44.5 Å². The Balaban J connectivity index is 0.971. The van der Waals surface area contributed by atoms with Gasteiger partial charge in [0.05, 0.1) is 0 Å². The first-order chi connectivity index (χ1) is 28.2. The summed E-state index contributed by atoms with van der Waals surface area (Å²) in [6.07, 6.45) is 0. The first-order valence-electron chi connectivity index (χ1n) is 19.3. The Morgan fingerprint density at radius 2 is 0.737 bits per heavy atom. The molecule has 2 heterocycles. The molecule has 0 saturated carbocycles. The number of rotatable bonds is 7. The van der Waals surface area contributed by atoms with Crippen molar-refractivity contribution in [2.24, 2.45) is 0 Å². The average Bonchev–Trinajstić information content (AvgIpc) is 3.85. The van der Waals surface area contributed by atoms with Crippen molar-refractivity contribution in [2.45, 2.75) is 0 Å². The summed E-state index contributed by atoms with van der Waals surface area (Å²) in [7, 11) is 0. The molecule has 0 fully saturated rings. The van der Waals surface area contributed by atoms with Crippen LogP contribution < -0.4 is 4.90 Å². The highest BCUT2D eigenvalue weighted by atomic mass is 16.3. The number of benzene rings is 9. The van der Waals surface area contributed by atoms with E-state index in [1.807, 2.05) is 12.1 Å². The van der Waals surface area contributed by atoms with E-state index in [9.17, 15) is 0 Å². The fraction of sp³-hybridized carbons (Fsp3) is 0. The van der Waals surface area contributed by atoms with Gasteiger partial charge in [0.2, 0.25) is 0 Å². The van der Waals surface area contributed by atoms with Crippen molar-refractivity contribution in [3.63, 3.8) is 0 Å². The van der Waals surface area contributed by atoms with Crippen LogP contribution >= 0.6 is 0 Å². The van der Waals surface area contributed by atoms with E-state index in [1.54, 1.807) is 0 Å². The van der Waals surface area contributed by atoms with Gasteiger partial charge in [-0.15, -0.1) is 0 Å². The van der Waals surface area contributed by atoms with E-state index in [-0.39, 0.29) is 0 Å². The van der Waals surface area contributed by atoms with Crippen molar-refractivity contribution in [3.05, 3.63) is 212 Å². The normalized spacial score (nSPS) is 11.5. The molecule has 268 valence electrons. The molecule has 0 aliphatic rings. The van der Waals surface area contributed by atoms with Crippen LogP contribution in [0.15, 0.2) is 221 Å². The topological polar surface area (TPSA) is 29.5 Å². The lowest BCUT2D eigenvalue weighted by atomic mass is 9.97. The molecule has 0 saturated heterocycles. The Bertz CT molecular complexity index is 3130. The molecule has 0 radical (unpaired) electrons. The molecule has 3 nitrogen and oxygen atoms in total. The van der Waals surface area contributed by atoms with Crippen LogP contribution in [0.5, 0.6) is 0 Å². The second-order valence-corrected chi connectivity index (χ2v) is 14.5. The van der Waals surface area contributed by atoms with Crippen LogP contribution in [0.2, 0.25) is 0 Å². The van der Waals surface area contributed by atoms with E-state index in [0.29, 0.717) is 0 Å². The monoisotopic (exact) mass is 729 g/mol. The van der Waals surface area contributed by atoms with Crippen LogP contribution in [-0.4, -0.2) is 0 Å². The molecule has 11 aromatic rings. The largest absolute Gasteiger partial charge is 0.456 e. The van der Waals surface area contributed by atoms with Crippen molar-refractivity contribution in [1.29, 1.82) is 0 Å². The van der Waals surface area contributed by atoms with Gasteiger partial charge in [0.25, 0.3) is 0 Å². The summed E-state index contributed by atoms with van der Waals surface area (Å²) < 4.78 is 13.1. The highest BCUT2D eigenvalue weighted by Gasteiger charge is 2.17. The molecule has 9 aromatic carbocycles. The zero-order valence-electron chi connectivity index (χ0n) is 31.0. The van der Waals surface area contributed by atoms with Gasteiger partial charge in [0.15, 0.2) is 0 Å². The van der Waals surface area contributed by atoms with Crippen molar-refractivity contribution < 1.29 is 8.83 Å². The third-order valence-electron chi connectivity index (χ3n) is 11.1. The molecule has 0 spiro atoms. The maximum Gasteiger partial charge on any atom is 0.143 e. The summed E-state index contributed by atoms with van der Waals surface area (Å²) in [6, 6.07) is 75.0. The maximum atomic E-state index is 6.70. The summed E-state index contributed by atoms with van der Waals surface area (Å²) in [5, 5.41) is 4.44. The SMILES string of the molecule is c1ccc(-c2ccc(N(c3ccc(-c4ccccc4)cc3)c3ccc4c(c3)oc3cc(-c5cccc(-c6cccc7c6oc6ccccc67)c5)ccc34)cc2)cc1. The van der Waals surface area contributed by atoms with Gasteiger partial charge in [-0.25, -0.2) is 0 Å². The lowest BCUT2D eigenvalue weighted by Gasteiger charge is -2.26. The summed E-state index contributed by atoms with van der Waals surface area (Å²) in [5.74, 6) is 0. The smallest absolute Gasteiger partial charge is 0.143 e. The average molecular weight is 730 g/mol. The van der Waals surface area contributed by atoms with Gasteiger partial charge in [0.1, 0.15) is 22.3 Å². The molecule has 11 rings (SSSR count). The first kappa shape index (κ1) is 32.8. The van der Waals surface area contributed by atoms with E-state index in [2.05, 4.69) is 205 Å². The van der Waals surface area contributed by atoms with E-state index >= 15 is 0 Å². The van der Waals surface area contributed by atoms with Gasteiger partial charge in [-0.3, -0.25) is 0 Å². The number of fused-ring (bicyclic) bond motifs is 6. The van der Waals surface area contributed by atoms with E-state index in [1.165, 1.54) is 22.3 Å². The first-order valence-corrected chi connectivity index (χ1v) is 19.3. The fourth-order valence-electron chi connectivity index (χ4n) is 8.24. The van der Waals surface area contributed by atoms with Crippen LogP contribution in [0.3, 0.4) is 0 Å². The number of furan rings is 2. The Hall–Kier alpha value is -7.62. The van der Waals surface area contributed by atoms with Gasteiger partial charge < -0.3 is 13.7 Å². The van der Waals surface area contributed by atoms with Crippen molar-refractivity contribution >= 4 is 60.9 Å². The molecule has 2 aromatic heterocycles. The molecular weight excluding hydrogens is 695 g/mol. The van der Waals surface area contributed by atoms with Gasteiger partial charge >= 0.3 is 0 Å². The zero-order chi connectivity index (χ0) is 37.7. The van der Waals surface area contributed by atoms with Crippen molar-refractivity contribution in [1.82, 2.24) is 0 Å². The summed E-state index contributed by atoms with van der Waals surface area (Å²) in [4.78, 5) is 2.30. The number of nitrogens with zero attached hydrogens (tertiary/aromatic N) is 1. The minimum absolute atomic E-state index is 0.844. The van der Waals surface area contributed by atoms with Gasteiger partial charge in [0, 0.05) is 50.2 Å². The number of hydrogen-bond donors (Lipinski definition) is 0. The predicted molar refractivity (Wildman–Crippen MR) is 237 cm³/mol. The molecule has 0 amide bonds. The van der Waals surface area contributed by atoms with Crippen LogP contribution in [0, 0.1) is 0 Å². The van der Waals surface area contributed by atoms with Gasteiger partial charge in [-0.1, -0.05) is 146 Å². The Kier molecular flexibility index (Phi) is 7.82. The number of para-hydroxylation sites is 2. The third kappa shape index (κ3) is 5.85. The standard InChI is InChI=1S/C54H35NO2/c1-3-11-36(12-4-1)38-21-26-43(27-22-38)55(44-28-23-39(24-29-44)37-13-5-2-6-14-37)45-30-32-49-48-31-25-41(34-52(48)56-53(49)35-45)40-15-9-16-42(33-40)46-18-10-19-50-47-17-7-8-20-51(47)57-54(46)50/h1-35H. The van der Waals surface area contributed by atoms with Crippen molar-refractivity contribution in [2.75, 3.05) is 4.90 Å². The number of anilines is 3. The molecule has 0 bridgehead atoms. The lowest BCUT2D eigenvalue weighted by Crippen LogP contribution is -2.09. The zero-order valence-corrected chi connectivity index (χ0v) is 31.0. The molecule has 0 atom stereocenters. The predicted octanol–water partition coefficient (Wildman–Crippen LogP) is 15.6. The lowest BCUT2D eigenvalue weighted by molar-refractivity contribution is 0.669. The number of hydrogen-bond acceptors (Lipinski definition) is 3. The van der Waals surface area contributed by atoms with Crippen LogP contribution in [-0.2, 0) is 0 Å². The summed E-state index contributed by atoms with van der Waals surface area (Å²) in [5.41, 5.74) is 15.8. The minimum atomic E-state index is 0.844. The summed E-state index contributed by atoms with van der Waals surface area (Å²) >= 11 is 0. The van der Waals surface area contributed by atoms with E-state index in [4.69, 9.17) is 8.83 Å². The van der Waals surface area contributed by atoms with Crippen LogP contribution in [0.1, 0.15) is 0 Å².